The maximum atomic E-state index is 10.9. The number of halogens is 1. The first-order chi connectivity index (χ1) is 8.21. The van der Waals surface area contributed by atoms with Crippen LogP contribution in [0.5, 0.6) is 0 Å². The first kappa shape index (κ1) is 14.9. The van der Waals surface area contributed by atoms with E-state index < -0.39 is 4.92 Å². The minimum absolute atomic E-state index is 0.0658. The van der Waals surface area contributed by atoms with Gasteiger partial charge in [-0.3, -0.25) is 10.1 Å². The van der Waals surface area contributed by atoms with E-state index in [9.17, 15) is 10.1 Å². The largest absolute Gasteiger partial charge is 0.309 e. The van der Waals surface area contributed by atoms with Crippen molar-refractivity contribution in [1.82, 2.24) is 5.32 Å². The van der Waals surface area contributed by atoms with Crippen LogP contribution in [-0.2, 0) is 6.54 Å². The van der Waals surface area contributed by atoms with Crippen molar-refractivity contribution in [2.24, 2.45) is 5.41 Å². The highest BCUT2D eigenvalue weighted by molar-refractivity contribution is 6.30. The summed E-state index contributed by atoms with van der Waals surface area (Å²) in [6, 6.07) is 5.02. The zero-order valence-corrected chi connectivity index (χ0v) is 11.9. The second kappa shape index (κ2) is 5.67. The van der Waals surface area contributed by atoms with Gasteiger partial charge in [-0.05, 0) is 24.5 Å². The van der Waals surface area contributed by atoms with Crippen molar-refractivity contribution in [3.63, 3.8) is 0 Å². The van der Waals surface area contributed by atoms with Gasteiger partial charge in [-0.25, -0.2) is 0 Å². The van der Waals surface area contributed by atoms with Gasteiger partial charge >= 0.3 is 0 Å². The van der Waals surface area contributed by atoms with E-state index in [4.69, 9.17) is 11.6 Å². The fraction of sp³-hybridized carbons (Fsp3) is 0.538. The third-order valence-electron chi connectivity index (χ3n) is 3.14. The Labute approximate surface area is 112 Å². The molecule has 1 atom stereocenters. The fourth-order valence-corrected chi connectivity index (χ4v) is 1.59. The fourth-order valence-electron chi connectivity index (χ4n) is 1.43. The van der Waals surface area contributed by atoms with E-state index in [1.54, 1.807) is 12.1 Å². The first-order valence-corrected chi connectivity index (χ1v) is 6.26. The number of nitrogens with zero attached hydrogens (tertiary/aromatic N) is 1. The van der Waals surface area contributed by atoms with Crippen molar-refractivity contribution < 1.29 is 4.92 Å². The number of benzene rings is 1. The number of nitrogens with one attached hydrogen (secondary N) is 1. The van der Waals surface area contributed by atoms with E-state index in [1.165, 1.54) is 6.07 Å². The lowest BCUT2D eigenvalue weighted by atomic mass is 9.88. The average molecular weight is 271 g/mol. The number of hydrogen-bond donors (Lipinski definition) is 1. The molecule has 1 rings (SSSR count). The first-order valence-electron chi connectivity index (χ1n) is 5.88. The molecule has 0 saturated carbocycles. The van der Waals surface area contributed by atoms with Gasteiger partial charge in [0, 0.05) is 29.2 Å². The third kappa shape index (κ3) is 3.96. The van der Waals surface area contributed by atoms with E-state index in [0.29, 0.717) is 17.1 Å². The molecule has 100 valence electrons. The molecule has 0 heterocycles. The highest BCUT2D eigenvalue weighted by Crippen LogP contribution is 2.24. The Morgan fingerprint density at radius 1 is 1.44 bits per heavy atom. The van der Waals surface area contributed by atoms with Crippen LogP contribution in [0.25, 0.3) is 0 Å². The minimum Gasteiger partial charge on any atom is -0.309 e. The van der Waals surface area contributed by atoms with E-state index in [-0.39, 0.29) is 17.1 Å². The topological polar surface area (TPSA) is 55.2 Å². The molecular weight excluding hydrogens is 252 g/mol. The number of nitro benzene ring substituents is 1. The summed E-state index contributed by atoms with van der Waals surface area (Å²) in [6.07, 6.45) is 0. The zero-order valence-electron chi connectivity index (χ0n) is 11.2. The molecule has 0 aliphatic rings. The molecule has 0 radical (unpaired) electrons. The lowest BCUT2D eigenvalue weighted by Gasteiger charge is -2.28. The molecule has 4 nitrogen and oxygen atoms in total. The molecule has 0 aliphatic carbocycles. The Balaban J connectivity index is 2.82. The SMILES string of the molecule is CC(NCc1ccc(Cl)cc1[N+](=O)[O-])C(C)(C)C. The molecule has 1 aromatic rings. The summed E-state index contributed by atoms with van der Waals surface area (Å²) in [5.74, 6) is 0. The van der Waals surface area contributed by atoms with Gasteiger partial charge in [-0.1, -0.05) is 32.4 Å². The van der Waals surface area contributed by atoms with E-state index in [2.05, 4.69) is 33.0 Å². The summed E-state index contributed by atoms with van der Waals surface area (Å²) in [5.41, 5.74) is 0.831. The lowest BCUT2D eigenvalue weighted by molar-refractivity contribution is -0.385. The van der Waals surface area contributed by atoms with Gasteiger partial charge in [0.05, 0.1) is 4.92 Å². The van der Waals surface area contributed by atoms with Crippen molar-refractivity contribution in [3.8, 4) is 0 Å². The Bertz CT molecular complexity index is 441. The van der Waals surface area contributed by atoms with Gasteiger partial charge in [0.15, 0.2) is 0 Å². The van der Waals surface area contributed by atoms with Crippen molar-refractivity contribution in [2.75, 3.05) is 0 Å². The van der Waals surface area contributed by atoms with Crippen LogP contribution in [0.15, 0.2) is 18.2 Å². The van der Waals surface area contributed by atoms with Crippen molar-refractivity contribution in [3.05, 3.63) is 38.9 Å². The second-order valence-corrected chi connectivity index (χ2v) is 5.94. The van der Waals surface area contributed by atoms with Crippen LogP contribution in [0.3, 0.4) is 0 Å². The molecule has 0 aromatic heterocycles. The summed E-state index contributed by atoms with van der Waals surface area (Å²) < 4.78 is 0. The summed E-state index contributed by atoms with van der Waals surface area (Å²) in [4.78, 5) is 10.5. The van der Waals surface area contributed by atoms with E-state index >= 15 is 0 Å². The van der Waals surface area contributed by atoms with Crippen LogP contribution < -0.4 is 5.32 Å². The molecule has 0 spiro atoms. The highest BCUT2D eigenvalue weighted by Gasteiger charge is 2.21. The predicted octanol–water partition coefficient (Wildman–Crippen LogP) is 3.77. The number of rotatable bonds is 4. The normalized spacial score (nSPS) is 13.4. The van der Waals surface area contributed by atoms with Gasteiger partial charge in [-0.15, -0.1) is 0 Å². The maximum Gasteiger partial charge on any atom is 0.275 e. The summed E-state index contributed by atoms with van der Waals surface area (Å²) in [6.45, 7) is 8.91. The third-order valence-corrected chi connectivity index (χ3v) is 3.38. The molecule has 18 heavy (non-hydrogen) atoms. The Morgan fingerprint density at radius 2 is 2.06 bits per heavy atom. The van der Waals surface area contributed by atoms with Gasteiger partial charge in [-0.2, -0.15) is 0 Å². The molecule has 0 aliphatic heterocycles. The van der Waals surface area contributed by atoms with E-state index in [1.807, 2.05) is 0 Å². The van der Waals surface area contributed by atoms with Crippen molar-refractivity contribution >= 4 is 17.3 Å². The van der Waals surface area contributed by atoms with E-state index in [0.717, 1.165) is 0 Å². The molecule has 1 N–H and O–H groups in total. The molecule has 0 amide bonds. The van der Waals surface area contributed by atoms with Gasteiger partial charge in [0.2, 0.25) is 0 Å². The Morgan fingerprint density at radius 3 is 2.56 bits per heavy atom. The van der Waals surface area contributed by atoms with Crippen molar-refractivity contribution in [1.29, 1.82) is 0 Å². The quantitative estimate of drug-likeness (QED) is 0.669. The minimum atomic E-state index is -0.398. The van der Waals surface area contributed by atoms with Crippen LogP contribution in [0.2, 0.25) is 5.02 Å². The Kier molecular flexibility index (Phi) is 4.71. The van der Waals surface area contributed by atoms with Crippen LogP contribution in [0.1, 0.15) is 33.3 Å². The average Bonchev–Trinajstić information content (AvgIpc) is 2.25. The number of nitro groups is 1. The summed E-state index contributed by atoms with van der Waals surface area (Å²) in [7, 11) is 0. The van der Waals surface area contributed by atoms with Crippen LogP contribution in [0, 0.1) is 15.5 Å². The highest BCUT2D eigenvalue weighted by atomic mass is 35.5. The molecular formula is C13H19ClN2O2. The maximum absolute atomic E-state index is 10.9. The van der Waals surface area contributed by atoms with Gasteiger partial charge in [0.25, 0.3) is 5.69 Å². The summed E-state index contributed by atoms with van der Waals surface area (Å²) in [5, 5.41) is 14.6. The zero-order chi connectivity index (χ0) is 13.9. The van der Waals surface area contributed by atoms with Crippen LogP contribution >= 0.6 is 11.6 Å². The molecule has 5 heteroatoms. The van der Waals surface area contributed by atoms with Gasteiger partial charge < -0.3 is 5.32 Å². The van der Waals surface area contributed by atoms with Crippen molar-refractivity contribution in [2.45, 2.75) is 40.3 Å². The van der Waals surface area contributed by atoms with Gasteiger partial charge in [0.1, 0.15) is 0 Å². The Hall–Kier alpha value is -1.13. The molecule has 0 bridgehead atoms. The molecule has 0 saturated heterocycles. The molecule has 0 fully saturated rings. The predicted molar refractivity (Wildman–Crippen MR) is 73.9 cm³/mol. The lowest BCUT2D eigenvalue weighted by Crippen LogP contribution is -2.37. The molecule has 1 unspecified atom stereocenters. The second-order valence-electron chi connectivity index (χ2n) is 5.50. The van der Waals surface area contributed by atoms with Crippen LogP contribution in [-0.4, -0.2) is 11.0 Å². The monoisotopic (exact) mass is 270 g/mol. The van der Waals surface area contributed by atoms with Crippen LogP contribution in [0.4, 0.5) is 5.69 Å². The standard InChI is InChI=1S/C13H19ClN2O2/c1-9(13(2,3)4)15-8-10-5-6-11(14)7-12(10)16(17)18/h5-7,9,15H,8H2,1-4H3. The smallest absolute Gasteiger partial charge is 0.275 e. The summed E-state index contributed by atoms with van der Waals surface area (Å²) >= 11 is 5.77. The number of hydrogen-bond acceptors (Lipinski definition) is 3. The molecule has 1 aromatic carbocycles.